The van der Waals surface area contributed by atoms with Crippen molar-refractivity contribution in [1.82, 2.24) is 4.57 Å². The second-order valence-corrected chi connectivity index (χ2v) is 16.8. The van der Waals surface area contributed by atoms with Gasteiger partial charge < -0.3 is 9.47 Å². The first-order chi connectivity index (χ1) is 30.2. The van der Waals surface area contributed by atoms with Crippen molar-refractivity contribution in [2.45, 2.75) is 0 Å². The van der Waals surface area contributed by atoms with Gasteiger partial charge in [-0.1, -0.05) is 146 Å². The molecule has 0 atom stereocenters. The summed E-state index contributed by atoms with van der Waals surface area (Å²) in [5.41, 5.74) is 14.1. The largest absolute Gasteiger partial charge is 0.311 e. The maximum absolute atomic E-state index is 2.45. The van der Waals surface area contributed by atoms with Crippen LogP contribution in [0.3, 0.4) is 0 Å². The van der Waals surface area contributed by atoms with Crippen LogP contribution in [0, 0.1) is 0 Å². The van der Waals surface area contributed by atoms with Gasteiger partial charge in [0.05, 0.1) is 11.0 Å². The molecule has 0 spiro atoms. The quantitative estimate of drug-likeness (QED) is 0.156. The minimum Gasteiger partial charge on any atom is -0.311 e. The van der Waals surface area contributed by atoms with Crippen LogP contribution in [-0.2, 0) is 0 Å². The molecule has 0 saturated carbocycles. The molecule has 3 heteroatoms. The van der Waals surface area contributed by atoms with Gasteiger partial charge in [0, 0.05) is 59.1 Å². The number of aromatic nitrogens is 1. The van der Waals surface area contributed by atoms with E-state index in [0.29, 0.717) is 0 Å². The predicted molar refractivity (Wildman–Crippen MR) is 262 cm³/mol. The summed E-state index contributed by atoms with van der Waals surface area (Å²) in [6, 6.07) is 84.0. The molecule has 0 radical (unpaired) electrons. The average molecular weight is 795 g/mol. The SMILES string of the molecule is c1ccc(-c2ccc(N(c3ccccc3)c3ccc(-c4cccc(-c5ccc6c(c5)c5cc7c(ccc8c9ccccc9sc78)cc5n6-c5ccccc5)c4)cc3)cc2)cc1. The van der Waals surface area contributed by atoms with Crippen LogP contribution >= 0.6 is 11.3 Å². The Morgan fingerprint density at radius 3 is 1.59 bits per heavy atom. The average Bonchev–Trinajstić information content (AvgIpc) is 3.88. The second-order valence-electron chi connectivity index (χ2n) is 15.7. The van der Waals surface area contributed by atoms with E-state index in [0.717, 1.165) is 22.7 Å². The number of thiophene rings is 1. The van der Waals surface area contributed by atoms with Gasteiger partial charge in [0.1, 0.15) is 0 Å². The Kier molecular flexibility index (Phi) is 8.39. The maximum atomic E-state index is 2.45. The van der Waals surface area contributed by atoms with E-state index in [1.165, 1.54) is 86.1 Å². The molecule has 0 unspecified atom stereocenters. The number of hydrogen-bond acceptors (Lipinski definition) is 2. The van der Waals surface area contributed by atoms with Gasteiger partial charge in [-0.2, -0.15) is 0 Å². The Bertz CT molecular complexity index is 3550. The third-order valence-corrected chi connectivity index (χ3v) is 13.4. The lowest BCUT2D eigenvalue weighted by Crippen LogP contribution is -2.09. The lowest BCUT2D eigenvalue weighted by Gasteiger charge is -2.26. The van der Waals surface area contributed by atoms with Gasteiger partial charge in [0.15, 0.2) is 0 Å². The van der Waals surface area contributed by atoms with Crippen molar-refractivity contribution in [3.8, 4) is 39.1 Å². The zero-order valence-electron chi connectivity index (χ0n) is 33.2. The molecule has 0 saturated heterocycles. The predicted octanol–water partition coefficient (Wildman–Crippen LogP) is 16.8. The summed E-state index contributed by atoms with van der Waals surface area (Å²) in [7, 11) is 0. The van der Waals surface area contributed by atoms with Crippen molar-refractivity contribution in [1.29, 1.82) is 0 Å². The van der Waals surface area contributed by atoms with E-state index in [1.807, 2.05) is 11.3 Å². The third kappa shape index (κ3) is 6.09. The third-order valence-electron chi connectivity index (χ3n) is 12.2. The van der Waals surface area contributed by atoms with Crippen molar-refractivity contribution in [2.24, 2.45) is 0 Å². The highest BCUT2D eigenvalue weighted by molar-refractivity contribution is 7.26. The summed E-state index contributed by atoms with van der Waals surface area (Å²) in [5, 5.41) is 7.75. The maximum Gasteiger partial charge on any atom is 0.0547 e. The van der Waals surface area contributed by atoms with Crippen LogP contribution in [0.25, 0.3) is 91.8 Å². The molecule has 2 nitrogen and oxygen atoms in total. The van der Waals surface area contributed by atoms with Crippen LogP contribution in [-0.4, -0.2) is 4.57 Å². The van der Waals surface area contributed by atoms with E-state index in [-0.39, 0.29) is 0 Å². The molecule has 0 fully saturated rings. The lowest BCUT2D eigenvalue weighted by atomic mass is 9.97. The van der Waals surface area contributed by atoms with Crippen molar-refractivity contribution in [2.75, 3.05) is 4.90 Å². The molecule has 10 aromatic carbocycles. The summed E-state index contributed by atoms with van der Waals surface area (Å²) >= 11 is 1.90. The molecule has 12 rings (SSSR count). The fraction of sp³-hybridized carbons (Fsp3) is 0. The van der Waals surface area contributed by atoms with Crippen LogP contribution in [0.15, 0.2) is 231 Å². The summed E-state index contributed by atoms with van der Waals surface area (Å²) in [6.07, 6.45) is 0. The number of hydrogen-bond donors (Lipinski definition) is 0. The number of rotatable bonds is 7. The van der Waals surface area contributed by atoms with E-state index in [9.17, 15) is 0 Å². The zero-order valence-corrected chi connectivity index (χ0v) is 34.1. The summed E-state index contributed by atoms with van der Waals surface area (Å²) in [6.45, 7) is 0. The summed E-state index contributed by atoms with van der Waals surface area (Å²) < 4.78 is 5.11. The van der Waals surface area contributed by atoms with Gasteiger partial charge in [-0.25, -0.2) is 0 Å². The fourth-order valence-corrected chi connectivity index (χ4v) is 10.4. The van der Waals surface area contributed by atoms with Crippen LogP contribution in [0.1, 0.15) is 0 Å². The highest BCUT2D eigenvalue weighted by Gasteiger charge is 2.18. The molecule has 61 heavy (non-hydrogen) atoms. The molecule has 286 valence electrons. The molecule has 2 heterocycles. The first-order valence-corrected chi connectivity index (χ1v) is 21.6. The van der Waals surface area contributed by atoms with Crippen molar-refractivity contribution in [3.63, 3.8) is 0 Å². The smallest absolute Gasteiger partial charge is 0.0547 e. The van der Waals surface area contributed by atoms with Gasteiger partial charge >= 0.3 is 0 Å². The molecule has 2 aromatic heterocycles. The van der Waals surface area contributed by atoms with Crippen LogP contribution in [0.5, 0.6) is 0 Å². The van der Waals surface area contributed by atoms with Crippen LogP contribution in [0.2, 0.25) is 0 Å². The van der Waals surface area contributed by atoms with E-state index < -0.39 is 0 Å². The van der Waals surface area contributed by atoms with Crippen molar-refractivity contribution >= 4 is 81.1 Å². The van der Waals surface area contributed by atoms with Gasteiger partial charge in [0.2, 0.25) is 0 Å². The standard InChI is InChI=1S/C58H38N2S/c1-4-13-39(14-5-1)40-23-29-48(30-24-40)59(46-17-6-2-7-18-46)49-31-25-41(26-32-49)42-15-12-16-43(35-42)44-28-34-55-53(36-44)54-38-52-45(37-56(54)60(55)47-19-8-3-9-20-47)27-33-51-50-21-10-11-22-57(50)61-58(51)52/h1-38H. The highest BCUT2D eigenvalue weighted by Crippen LogP contribution is 2.43. The molecule has 0 aliphatic rings. The Morgan fingerprint density at radius 2 is 0.852 bits per heavy atom. The number of nitrogens with zero attached hydrogens (tertiary/aromatic N) is 2. The molecule has 0 amide bonds. The monoisotopic (exact) mass is 794 g/mol. The second kappa shape index (κ2) is 14.5. The Balaban J connectivity index is 0.938. The Morgan fingerprint density at radius 1 is 0.311 bits per heavy atom. The first kappa shape index (κ1) is 35.2. The summed E-state index contributed by atoms with van der Waals surface area (Å²) in [4.78, 5) is 2.32. The minimum atomic E-state index is 1.11. The number of benzene rings is 10. The number of anilines is 3. The normalized spacial score (nSPS) is 11.6. The molecular formula is C58H38N2S. The van der Waals surface area contributed by atoms with Crippen molar-refractivity contribution in [3.05, 3.63) is 231 Å². The molecule has 0 aliphatic heterocycles. The molecular weight excluding hydrogens is 757 g/mol. The van der Waals surface area contributed by atoms with Gasteiger partial charge in [-0.15, -0.1) is 11.3 Å². The fourth-order valence-electron chi connectivity index (χ4n) is 9.19. The van der Waals surface area contributed by atoms with E-state index >= 15 is 0 Å². The minimum absolute atomic E-state index is 1.11. The molecule has 0 bridgehead atoms. The number of para-hydroxylation sites is 2. The lowest BCUT2D eigenvalue weighted by molar-refractivity contribution is 1.18. The van der Waals surface area contributed by atoms with E-state index in [4.69, 9.17) is 0 Å². The van der Waals surface area contributed by atoms with Gasteiger partial charge in [0.25, 0.3) is 0 Å². The number of fused-ring (bicyclic) bond motifs is 8. The van der Waals surface area contributed by atoms with Gasteiger partial charge in [-0.3, -0.25) is 0 Å². The molecule has 12 aromatic rings. The Labute approximate surface area is 358 Å². The highest BCUT2D eigenvalue weighted by atomic mass is 32.1. The first-order valence-electron chi connectivity index (χ1n) is 20.8. The van der Waals surface area contributed by atoms with Crippen LogP contribution < -0.4 is 4.90 Å². The van der Waals surface area contributed by atoms with Crippen molar-refractivity contribution < 1.29 is 0 Å². The van der Waals surface area contributed by atoms with E-state index in [2.05, 4.69) is 240 Å². The molecule has 0 aliphatic carbocycles. The zero-order chi connectivity index (χ0) is 40.3. The summed E-state index contributed by atoms with van der Waals surface area (Å²) in [5.74, 6) is 0. The molecule has 0 N–H and O–H groups in total. The van der Waals surface area contributed by atoms with E-state index in [1.54, 1.807) is 0 Å². The Hall–Kier alpha value is -7.72. The topological polar surface area (TPSA) is 8.17 Å². The van der Waals surface area contributed by atoms with Crippen LogP contribution in [0.4, 0.5) is 17.1 Å². The van der Waals surface area contributed by atoms with Gasteiger partial charge in [-0.05, 0) is 124 Å².